The quantitative estimate of drug-likeness (QED) is 0.246. The van der Waals surface area contributed by atoms with Crippen LogP contribution in [0.4, 0.5) is 0 Å². The minimum absolute atomic E-state index is 0.0201. The van der Waals surface area contributed by atoms with Gasteiger partial charge in [-0.3, -0.25) is 14.5 Å². The zero-order valence-corrected chi connectivity index (χ0v) is 23.5. The summed E-state index contributed by atoms with van der Waals surface area (Å²) >= 11 is 0. The summed E-state index contributed by atoms with van der Waals surface area (Å²) in [6.07, 6.45) is 2.53. The summed E-state index contributed by atoms with van der Waals surface area (Å²) in [6, 6.07) is 8.38. The summed E-state index contributed by atoms with van der Waals surface area (Å²) in [7, 11) is 1.54. The SMILES string of the molecule is CCOc1ccc(C2/C(=C(\O)c3nc4c(C)cccn4c3C)C(=O)C(=O)N2CCCN2CCOCC2)cc1OC. The second kappa shape index (κ2) is 11.7. The molecule has 2 fully saturated rings. The molecule has 0 spiro atoms. The molecule has 2 aliphatic heterocycles. The fourth-order valence-corrected chi connectivity index (χ4v) is 5.55. The largest absolute Gasteiger partial charge is 0.505 e. The maximum atomic E-state index is 13.6. The number of aliphatic hydroxyl groups excluding tert-OH is 1. The number of rotatable bonds is 9. The highest BCUT2D eigenvalue weighted by atomic mass is 16.5. The average molecular weight is 549 g/mol. The van der Waals surface area contributed by atoms with Gasteiger partial charge in [0.2, 0.25) is 0 Å². The molecule has 5 rings (SSSR count). The van der Waals surface area contributed by atoms with Gasteiger partial charge in [0.25, 0.3) is 11.7 Å². The van der Waals surface area contributed by atoms with Crippen LogP contribution in [0.25, 0.3) is 11.4 Å². The highest BCUT2D eigenvalue weighted by Gasteiger charge is 2.46. The molecule has 1 N–H and O–H groups in total. The normalized spacial score (nSPS) is 19.5. The number of Topliss-reactive ketones (excluding diaryl/α,β-unsaturated/α-hetero) is 1. The second-order valence-corrected chi connectivity index (χ2v) is 10.1. The smallest absolute Gasteiger partial charge is 0.295 e. The summed E-state index contributed by atoms with van der Waals surface area (Å²) in [4.78, 5) is 35.6. The number of aliphatic hydroxyl groups is 1. The van der Waals surface area contributed by atoms with Crippen molar-refractivity contribution in [2.75, 3.05) is 53.1 Å². The van der Waals surface area contributed by atoms with Crippen LogP contribution in [0, 0.1) is 13.8 Å². The number of nitrogens with zero attached hydrogens (tertiary/aromatic N) is 4. The Morgan fingerprint density at radius 3 is 2.60 bits per heavy atom. The Kier molecular flexibility index (Phi) is 8.09. The minimum atomic E-state index is -0.806. The molecule has 0 radical (unpaired) electrons. The molecular formula is C30H36N4O6. The van der Waals surface area contributed by atoms with Gasteiger partial charge in [0.15, 0.2) is 17.3 Å². The number of methoxy groups -OCH3 is 1. The average Bonchev–Trinajstić information content (AvgIpc) is 3.44. The predicted octanol–water partition coefficient (Wildman–Crippen LogP) is 3.50. The lowest BCUT2D eigenvalue weighted by molar-refractivity contribution is -0.140. The highest BCUT2D eigenvalue weighted by molar-refractivity contribution is 6.46. The van der Waals surface area contributed by atoms with Crippen molar-refractivity contribution in [2.45, 2.75) is 33.2 Å². The van der Waals surface area contributed by atoms with Gasteiger partial charge in [0.05, 0.1) is 44.2 Å². The van der Waals surface area contributed by atoms with E-state index in [-0.39, 0.29) is 17.0 Å². The molecule has 0 aliphatic carbocycles. The number of pyridine rings is 1. The van der Waals surface area contributed by atoms with Gasteiger partial charge in [0, 0.05) is 32.4 Å². The van der Waals surface area contributed by atoms with Crippen LogP contribution < -0.4 is 9.47 Å². The molecule has 212 valence electrons. The number of aromatic nitrogens is 2. The first-order valence-corrected chi connectivity index (χ1v) is 13.7. The Morgan fingerprint density at radius 1 is 1.12 bits per heavy atom. The van der Waals surface area contributed by atoms with E-state index in [2.05, 4.69) is 9.88 Å². The van der Waals surface area contributed by atoms with Gasteiger partial charge in [-0.05, 0) is 56.5 Å². The number of imidazole rings is 1. The van der Waals surface area contributed by atoms with Crippen LogP contribution in [0.1, 0.15) is 41.9 Å². The van der Waals surface area contributed by atoms with Gasteiger partial charge in [-0.2, -0.15) is 0 Å². The molecule has 1 atom stereocenters. The maximum Gasteiger partial charge on any atom is 0.295 e. The summed E-state index contributed by atoms with van der Waals surface area (Å²) < 4.78 is 18.6. The first kappa shape index (κ1) is 27.7. The third-order valence-electron chi connectivity index (χ3n) is 7.63. The molecule has 1 unspecified atom stereocenters. The van der Waals surface area contributed by atoms with E-state index < -0.39 is 17.7 Å². The molecular weight excluding hydrogens is 512 g/mol. The van der Waals surface area contributed by atoms with Gasteiger partial charge in [-0.15, -0.1) is 0 Å². The predicted molar refractivity (Wildman–Crippen MR) is 150 cm³/mol. The topological polar surface area (TPSA) is 106 Å². The molecule has 2 aromatic heterocycles. The summed E-state index contributed by atoms with van der Waals surface area (Å²) in [5.74, 6) is -0.608. The Hall–Kier alpha value is -3.89. The first-order valence-electron chi connectivity index (χ1n) is 13.7. The van der Waals surface area contributed by atoms with E-state index in [9.17, 15) is 14.7 Å². The van der Waals surface area contributed by atoms with Crippen molar-refractivity contribution >= 4 is 23.1 Å². The van der Waals surface area contributed by atoms with E-state index in [0.29, 0.717) is 61.2 Å². The van der Waals surface area contributed by atoms with Gasteiger partial charge >= 0.3 is 0 Å². The lowest BCUT2D eigenvalue weighted by Crippen LogP contribution is -2.39. The maximum absolute atomic E-state index is 13.6. The third kappa shape index (κ3) is 5.04. The van der Waals surface area contributed by atoms with E-state index in [0.717, 1.165) is 25.2 Å². The number of morpholine rings is 1. The molecule has 10 heteroatoms. The molecule has 1 aromatic carbocycles. The minimum Gasteiger partial charge on any atom is -0.505 e. The number of likely N-dealkylation sites (tertiary alicyclic amines) is 1. The molecule has 4 heterocycles. The zero-order valence-electron chi connectivity index (χ0n) is 23.5. The van der Waals surface area contributed by atoms with Crippen molar-refractivity contribution in [3.63, 3.8) is 0 Å². The fourth-order valence-electron chi connectivity index (χ4n) is 5.55. The monoisotopic (exact) mass is 548 g/mol. The third-order valence-corrected chi connectivity index (χ3v) is 7.63. The molecule has 0 bridgehead atoms. The number of carbonyl (C=O) groups is 2. The van der Waals surface area contributed by atoms with E-state index in [4.69, 9.17) is 14.2 Å². The van der Waals surface area contributed by atoms with Crippen LogP contribution in [-0.4, -0.2) is 89.1 Å². The number of fused-ring (bicyclic) bond motifs is 1. The standard InChI is InChI=1S/C30H36N4O6/c1-5-40-22-10-9-21(18-23(22)38-4)26-24(27(35)25-20(3)33-12-6-8-19(2)29(33)31-25)28(36)30(37)34(26)13-7-11-32-14-16-39-17-15-32/h6,8-10,12,18,26,35H,5,7,11,13-17H2,1-4H3/b27-24+. The lowest BCUT2D eigenvalue weighted by Gasteiger charge is -2.29. The molecule has 10 nitrogen and oxygen atoms in total. The number of aryl methyl sites for hydroxylation is 2. The number of benzene rings is 1. The number of hydrogen-bond acceptors (Lipinski definition) is 8. The highest BCUT2D eigenvalue weighted by Crippen LogP contribution is 2.42. The van der Waals surface area contributed by atoms with Gasteiger partial charge in [-0.25, -0.2) is 4.98 Å². The molecule has 2 saturated heterocycles. The Balaban J connectivity index is 1.58. The molecule has 40 heavy (non-hydrogen) atoms. The summed E-state index contributed by atoms with van der Waals surface area (Å²) in [6.45, 7) is 10.3. The van der Waals surface area contributed by atoms with Crippen LogP contribution in [0.5, 0.6) is 11.5 Å². The van der Waals surface area contributed by atoms with E-state index >= 15 is 0 Å². The summed E-state index contributed by atoms with van der Waals surface area (Å²) in [5, 5.41) is 11.7. The number of ketones is 1. The zero-order chi connectivity index (χ0) is 28.4. The second-order valence-electron chi connectivity index (χ2n) is 10.1. The Morgan fingerprint density at radius 2 is 1.90 bits per heavy atom. The van der Waals surface area contributed by atoms with Crippen LogP contribution in [-0.2, 0) is 14.3 Å². The van der Waals surface area contributed by atoms with Crippen LogP contribution in [0.15, 0.2) is 42.1 Å². The molecule has 0 saturated carbocycles. The van der Waals surface area contributed by atoms with Crippen molar-refractivity contribution in [1.82, 2.24) is 19.2 Å². The number of amides is 1. The molecule has 1 amide bonds. The number of ether oxygens (including phenoxy) is 3. The van der Waals surface area contributed by atoms with Crippen LogP contribution >= 0.6 is 0 Å². The Bertz CT molecular complexity index is 1460. The van der Waals surface area contributed by atoms with Crippen molar-refractivity contribution in [1.29, 1.82) is 0 Å². The van der Waals surface area contributed by atoms with Gasteiger partial charge < -0.3 is 28.6 Å². The van der Waals surface area contributed by atoms with Crippen molar-refractivity contribution < 1.29 is 28.9 Å². The van der Waals surface area contributed by atoms with Crippen molar-refractivity contribution in [3.8, 4) is 11.5 Å². The lowest BCUT2D eigenvalue weighted by atomic mass is 9.96. The number of hydrogen-bond donors (Lipinski definition) is 1. The van der Waals surface area contributed by atoms with Gasteiger partial charge in [-0.1, -0.05) is 12.1 Å². The van der Waals surface area contributed by atoms with E-state index in [1.54, 1.807) is 24.1 Å². The number of carbonyl (C=O) groups excluding carboxylic acids is 2. The Labute approximate surface area is 233 Å². The van der Waals surface area contributed by atoms with E-state index in [1.807, 2.05) is 49.6 Å². The van der Waals surface area contributed by atoms with Crippen molar-refractivity contribution in [2.24, 2.45) is 0 Å². The fraction of sp³-hybridized carbons (Fsp3) is 0.433. The molecule has 2 aliphatic rings. The van der Waals surface area contributed by atoms with Crippen LogP contribution in [0.3, 0.4) is 0 Å². The molecule has 3 aromatic rings. The first-order chi connectivity index (χ1) is 19.3. The van der Waals surface area contributed by atoms with Gasteiger partial charge in [0.1, 0.15) is 11.3 Å². The summed E-state index contributed by atoms with van der Waals surface area (Å²) in [5.41, 5.74) is 3.24. The van der Waals surface area contributed by atoms with E-state index in [1.165, 1.54) is 0 Å². The van der Waals surface area contributed by atoms with Crippen LogP contribution in [0.2, 0.25) is 0 Å². The van der Waals surface area contributed by atoms with Crippen molar-refractivity contribution in [3.05, 3.63) is 64.6 Å².